The molecule has 0 aromatic heterocycles. The molecule has 25 heavy (non-hydrogen) atoms. The van der Waals surface area contributed by atoms with Crippen LogP contribution in [0.15, 0.2) is 0 Å². The van der Waals surface area contributed by atoms with E-state index in [1.165, 1.54) is 6.42 Å². The third-order valence-corrected chi connectivity index (χ3v) is 6.62. The molecule has 3 aliphatic rings. The van der Waals surface area contributed by atoms with Gasteiger partial charge in [-0.25, -0.2) is 0 Å². The number of epoxide rings is 2. The predicted molar refractivity (Wildman–Crippen MR) is 96.4 cm³/mol. The Balaban J connectivity index is 1.74. The Kier molecular flexibility index (Phi) is 5.22. The van der Waals surface area contributed by atoms with Gasteiger partial charge in [0.2, 0.25) is 5.91 Å². The molecule has 1 aliphatic carbocycles. The van der Waals surface area contributed by atoms with Gasteiger partial charge < -0.3 is 19.1 Å². The van der Waals surface area contributed by atoms with Gasteiger partial charge in [-0.05, 0) is 44.4 Å². The highest BCUT2D eigenvalue weighted by molar-refractivity contribution is 5.75. The largest absolute Gasteiger partial charge is 0.381 e. The van der Waals surface area contributed by atoms with Gasteiger partial charge in [-0.3, -0.25) is 4.79 Å². The lowest BCUT2D eigenvalue weighted by molar-refractivity contribution is -0.135. The summed E-state index contributed by atoms with van der Waals surface area (Å²) < 4.78 is 18.2. The van der Waals surface area contributed by atoms with Gasteiger partial charge in [0, 0.05) is 33.5 Å². The third kappa shape index (κ3) is 3.60. The summed E-state index contributed by atoms with van der Waals surface area (Å²) in [6.45, 7) is 7.55. The van der Waals surface area contributed by atoms with E-state index in [1.54, 1.807) is 12.0 Å². The highest BCUT2D eigenvalue weighted by Crippen LogP contribution is 2.60. The number of hydrogen-bond donors (Lipinski definition) is 0. The van der Waals surface area contributed by atoms with E-state index in [9.17, 15) is 4.79 Å². The molecule has 3 fully saturated rings. The van der Waals surface area contributed by atoms with E-state index in [2.05, 4.69) is 20.8 Å². The zero-order valence-corrected chi connectivity index (χ0v) is 16.7. The number of ether oxygens (including phenoxy) is 3. The summed E-state index contributed by atoms with van der Waals surface area (Å²) in [7, 11) is 5.42. The van der Waals surface area contributed by atoms with Gasteiger partial charge in [0.25, 0.3) is 0 Å². The van der Waals surface area contributed by atoms with Crippen molar-refractivity contribution < 1.29 is 19.0 Å². The molecule has 0 aromatic rings. The molecule has 5 heteroatoms. The smallest absolute Gasteiger partial charge is 0.222 e. The van der Waals surface area contributed by atoms with Crippen LogP contribution in [0.4, 0.5) is 0 Å². The molecule has 0 bridgehead atoms. The summed E-state index contributed by atoms with van der Waals surface area (Å²) in [6, 6.07) is 0. The molecule has 2 saturated heterocycles. The normalized spacial score (nSPS) is 42.7. The Hall–Kier alpha value is -0.650. The Morgan fingerprint density at radius 3 is 2.56 bits per heavy atom. The van der Waals surface area contributed by atoms with Gasteiger partial charge in [0.05, 0.1) is 24.4 Å². The molecule has 1 amide bonds. The Labute approximate surface area is 152 Å². The molecule has 1 saturated carbocycles. The van der Waals surface area contributed by atoms with Crippen LogP contribution in [-0.2, 0) is 19.0 Å². The van der Waals surface area contributed by atoms with Crippen molar-refractivity contribution >= 4 is 5.91 Å². The fourth-order valence-corrected chi connectivity index (χ4v) is 4.92. The number of methoxy groups -OCH3 is 1. The number of nitrogens with zero attached hydrogens (tertiary/aromatic N) is 1. The van der Waals surface area contributed by atoms with E-state index < -0.39 is 0 Å². The first-order valence-electron chi connectivity index (χ1n) is 9.78. The second-order valence-electron chi connectivity index (χ2n) is 9.08. The number of carbonyl (C=O) groups is 1. The van der Waals surface area contributed by atoms with Crippen LogP contribution in [-0.4, -0.2) is 62.0 Å². The molecular weight excluding hydrogens is 318 g/mol. The summed E-state index contributed by atoms with van der Waals surface area (Å²) in [5, 5.41) is 0. The number of amides is 1. The lowest BCUT2D eigenvalue weighted by atomic mass is 9.64. The van der Waals surface area contributed by atoms with Crippen molar-refractivity contribution in [1.29, 1.82) is 0 Å². The maximum atomic E-state index is 12.3. The molecule has 0 radical (unpaired) electrons. The summed E-state index contributed by atoms with van der Waals surface area (Å²) >= 11 is 0. The van der Waals surface area contributed by atoms with Crippen molar-refractivity contribution in [2.24, 2.45) is 17.8 Å². The highest BCUT2D eigenvalue weighted by Gasteiger charge is 2.71. The molecule has 2 unspecified atom stereocenters. The molecule has 6 atom stereocenters. The average molecular weight is 354 g/mol. The highest BCUT2D eigenvalue weighted by atomic mass is 16.6. The second kappa shape index (κ2) is 6.82. The molecule has 1 spiro atoms. The summed E-state index contributed by atoms with van der Waals surface area (Å²) in [4.78, 5) is 14.0. The van der Waals surface area contributed by atoms with Gasteiger partial charge in [-0.2, -0.15) is 0 Å². The lowest BCUT2D eigenvalue weighted by Gasteiger charge is -2.43. The van der Waals surface area contributed by atoms with E-state index in [1.807, 2.05) is 14.1 Å². The fourth-order valence-electron chi connectivity index (χ4n) is 4.92. The molecule has 2 heterocycles. The van der Waals surface area contributed by atoms with Crippen molar-refractivity contribution in [3.63, 3.8) is 0 Å². The van der Waals surface area contributed by atoms with Crippen molar-refractivity contribution in [3.05, 3.63) is 0 Å². The van der Waals surface area contributed by atoms with Crippen molar-refractivity contribution in [2.75, 3.05) is 27.8 Å². The van der Waals surface area contributed by atoms with E-state index >= 15 is 0 Å². The van der Waals surface area contributed by atoms with Crippen LogP contribution in [0, 0.1) is 17.8 Å². The zero-order valence-electron chi connectivity index (χ0n) is 16.7. The minimum Gasteiger partial charge on any atom is -0.381 e. The third-order valence-electron chi connectivity index (χ3n) is 6.62. The number of rotatable bonds is 7. The predicted octanol–water partition coefficient (Wildman–Crippen LogP) is 2.87. The summed E-state index contributed by atoms with van der Waals surface area (Å²) in [5.41, 5.74) is -0.258. The topological polar surface area (TPSA) is 54.6 Å². The van der Waals surface area contributed by atoms with Crippen molar-refractivity contribution in [1.82, 2.24) is 4.90 Å². The van der Waals surface area contributed by atoms with Crippen LogP contribution >= 0.6 is 0 Å². The maximum Gasteiger partial charge on any atom is 0.222 e. The summed E-state index contributed by atoms with van der Waals surface area (Å²) in [5.74, 6) is 1.33. The van der Waals surface area contributed by atoms with Gasteiger partial charge in [0.1, 0.15) is 5.60 Å². The molecule has 144 valence electrons. The van der Waals surface area contributed by atoms with Gasteiger partial charge >= 0.3 is 0 Å². The number of hydrogen-bond acceptors (Lipinski definition) is 4. The monoisotopic (exact) mass is 353 g/mol. The summed E-state index contributed by atoms with van der Waals surface area (Å²) in [6.07, 6.45) is 5.14. The van der Waals surface area contributed by atoms with Crippen molar-refractivity contribution in [3.8, 4) is 0 Å². The number of carbonyl (C=O) groups excluding carboxylic acids is 1. The van der Waals surface area contributed by atoms with Crippen LogP contribution in [0.25, 0.3) is 0 Å². The Bertz CT molecular complexity index is 502. The minimum absolute atomic E-state index is 0.0224. The van der Waals surface area contributed by atoms with E-state index in [0.717, 1.165) is 25.9 Å². The second-order valence-corrected chi connectivity index (χ2v) is 9.08. The molecule has 3 rings (SSSR count). The fraction of sp³-hybridized carbons (Fsp3) is 0.950. The Morgan fingerprint density at radius 2 is 2.04 bits per heavy atom. The van der Waals surface area contributed by atoms with Crippen LogP contribution in [0.5, 0.6) is 0 Å². The molecule has 5 nitrogen and oxygen atoms in total. The first-order chi connectivity index (χ1) is 11.7. The van der Waals surface area contributed by atoms with Gasteiger partial charge in [-0.1, -0.05) is 13.8 Å². The van der Waals surface area contributed by atoms with Crippen LogP contribution in [0.3, 0.4) is 0 Å². The van der Waals surface area contributed by atoms with E-state index in [4.69, 9.17) is 14.2 Å². The SMILES string of the molecule is CO[C@@H]1C(CC(=O)N(C)C)CC[C@]2(CO2)[C@H]1C1(C)O[C@@H]1CCC(C)C. The van der Waals surface area contributed by atoms with Crippen LogP contribution in [0.2, 0.25) is 0 Å². The van der Waals surface area contributed by atoms with Crippen LogP contribution < -0.4 is 0 Å². The molecular formula is C20H35NO4. The van der Waals surface area contributed by atoms with Crippen molar-refractivity contribution in [2.45, 2.75) is 76.3 Å². The van der Waals surface area contributed by atoms with Crippen LogP contribution in [0.1, 0.15) is 52.9 Å². The van der Waals surface area contributed by atoms with E-state index in [0.29, 0.717) is 18.4 Å². The van der Waals surface area contributed by atoms with Gasteiger partial charge in [-0.15, -0.1) is 0 Å². The van der Waals surface area contributed by atoms with E-state index in [-0.39, 0.29) is 35.0 Å². The van der Waals surface area contributed by atoms with Gasteiger partial charge in [0.15, 0.2) is 0 Å². The minimum atomic E-state index is -0.175. The lowest BCUT2D eigenvalue weighted by Crippen LogP contribution is -2.53. The maximum absolute atomic E-state index is 12.3. The first-order valence-corrected chi connectivity index (χ1v) is 9.78. The zero-order chi connectivity index (χ0) is 18.4. The standard InChI is InChI=1S/C20H35NO4/c1-13(2)7-8-15-19(3,25-15)18-17(23-6)14(11-16(22)21(4)5)9-10-20(18)12-24-20/h13-15,17-18H,7-12H2,1-6H3/t14?,15-,17-,18-,19?,20+/m1/s1. The quantitative estimate of drug-likeness (QED) is 0.661. The molecule has 0 aromatic carbocycles. The molecule has 2 aliphatic heterocycles. The first kappa shape index (κ1) is 19.1. The molecule has 0 N–H and O–H groups in total. The average Bonchev–Trinajstić information content (AvgIpc) is 3.45. The Morgan fingerprint density at radius 1 is 1.36 bits per heavy atom.